The molecule has 0 saturated carbocycles. The van der Waals surface area contributed by atoms with Gasteiger partial charge in [-0.25, -0.2) is 0 Å². The zero-order valence-electron chi connectivity index (χ0n) is 10.3. The number of likely N-dealkylation sites (N-methyl/N-ethyl adjacent to an activating group) is 1. The lowest BCUT2D eigenvalue weighted by Crippen LogP contribution is -2.45. The first-order valence-electron chi connectivity index (χ1n) is 5.68. The Kier molecular flexibility index (Phi) is 4.68. The van der Waals surface area contributed by atoms with Gasteiger partial charge in [-0.3, -0.25) is 4.79 Å². The summed E-state index contributed by atoms with van der Waals surface area (Å²) in [5.74, 6) is -0.255. The average Bonchev–Trinajstić information content (AvgIpc) is 2.62. The minimum atomic E-state index is -0.335. The molecule has 1 heterocycles. The molecule has 0 aromatic heterocycles. The molecule has 0 aromatic carbocycles. The number of carbonyl (C=O) groups excluding carboxylic acids is 1. The molecule has 5 heteroatoms. The van der Waals surface area contributed by atoms with E-state index in [4.69, 9.17) is 18.0 Å². The summed E-state index contributed by atoms with van der Waals surface area (Å²) in [6.45, 7) is 3.54. The predicted octanol–water partition coefficient (Wildman–Crippen LogP) is 0.461. The van der Waals surface area contributed by atoms with Crippen LogP contribution in [0.2, 0.25) is 0 Å². The molecule has 1 aliphatic heterocycles. The molecule has 0 bridgehead atoms. The van der Waals surface area contributed by atoms with Crippen LogP contribution in [0.4, 0.5) is 0 Å². The number of hydrogen-bond donors (Lipinski definition) is 1. The Hall–Kier alpha value is -0.680. The van der Waals surface area contributed by atoms with Crippen LogP contribution in [-0.4, -0.2) is 53.9 Å². The fourth-order valence-electron chi connectivity index (χ4n) is 2.11. The Labute approximate surface area is 103 Å². The van der Waals surface area contributed by atoms with Crippen LogP contribution in [0.25, 0.3) is 0 Å². The van der Waals surface area contributed by atoms with Crippen LogP contribution >= 0.6 is 12.2 Å². The molecule has 0 spiro atoms. The number of amides is 1. The van der Waals surface area contributed by atoms with E-state index < -0.39 is 0 Å². The van der Waals surface area contributed by atoms with Crippen molar-refractivity contribution >= 4 is 23.1 Å². The van der Waals surface area contributed by atoms with E-state index in [9.17, 15) is 4.79 Å². The number of nitrogens with two attached hydrogens (primary N) is 1. The van der Waals surface area contributed by atoms with E-state index >= 15 is 0 Å². The van der Waals surface area contributed by atoms with Crippen molar-refractivity contribution in [2.45, 2.75) is 25.8 Å². The Morgan fingerprint density at radius 2 is 2.25 bits per heavy atom. The van der Waals surface area contributed by atoms with Crippen molar-refractivity contribution < 1.29 is 4.79 Å². The van der Waals surface area contributed by atoms with Gasteiger partial charge in [0.1, 0.15) is 0 Å². The van der Waals surface area contributed by atoms with Gasteiger partial charge in [-0.15, -0.1) is 0 Å². The molecule has 1 rings (SSSR count). The van der Waals surface area contributed by atoms with Gasteiger partial charge in [0.15, 0.2) is 0 Å². The molecule has 4 nitrogen and oxygen atoms in total. The van der Waals surface area contributed by atoms with Crippen molar-refractivity contribution in [2.75, 3.05) is 27.2 Å². The summed E-state index contributed by atoms with van der Waals surface area (Å²) in [5, 5.41) is 0. The predicted molar refractivity (Wildman–Crippen MR) is 69.2 cm³/mol. The number of rotatable bonds is 4. The summed E-state index contributed by atoms with van der Waals surface area (Å²) in [6.07, 6.45) is 2.16. The second kappa shape index (κ2) is 5.59. The average molecular weight is 243 g/mol. The molecule has 0 radical (unpaired) electrons. The topological polar surface area (TPSA) is 49.6 Å². The normalized spacial score (nSPS) is 22.5. The largest absolute Gasteiger partial charge is 0.393 e. The van der Waals surface area contributed by atoms with Gasteiger partial charge in [0.2, 0.25) is 5.91 Å². The number of carbonyl (C=O) groups is 1. The number of thiocarbonyl (C=S) groups is 1. The third-order valence-corrected chi connectivity index (χ3v) is 3.39. The molecule has 0 aromatic rings. The van der Waals surface area contributed by atoms with Crippen LogP contribution in [0.5, 0.6) is 0 Å². The Morgan fingerprint density at radius 3 is 2.75 bits per heavy atom. The third kappa shape index (κ3) is 3.15. The van der Waals surface area contributed by atoms with Crippen LogP contribution in [0.15, 0.2) is 0 Å². The van der Waals surface area contributed by atoms with Crippen molar-refractivity contribution in [3.8, 4) is 0 Å². The Balaban J connectivity index is 2.64. The summed E-state index contributed by atoms with van der Waals surface area (Å²) >= 11 is 4.88. The fraction of sp³-hybridized carbons (Fsp3) is 0.818. The number of likely N-dealkylation sites (tertiary alicyclic amines) is 1. The number of nitrogens with zero attached hydrogens (tertiary/aromatic N) is 2. The Bertz CT molecular complexity index is 280. The fourth-order valence-corrected chi connectivity index (χ4v) is 2.21. The highest BCUT2D eigenvalue weighted by Gasteiger charge is 2.32. The van der Waals surface area contributed by atoms with E-state index in [1.54, 1.807) is 6.92 Å². The van der Waals surface area contributed by atoms with Crippen LogP contribution in [0, 0.1) is 5.92 Å². The molecule has 2 atom stereocenters. The highest BCUT2D eigenvalue weighted by Crippen LogP contribution is 2.20. The van der Waals surface area contributed by atoms with Crippen molar-refractivity contribution in [2.24, 2.45) is 11.7 Å². The van der Waals surface area contributed by atoms with Gasteiger partial charge < -0.3 is 15.5 Å². The molecule has 2 unspecified atom stereocenters. The van der Waals surface area contributed by atoms with Gasteiger partial charge >= 0.3 is 0 Å². The van der Waals surface area contributed by atoms with Gasteiger partial charge in [-0.1, -0.05) is 12.2 Å². The molecule has 16 heavy (non-hydrogen) atoms. The maximum absolute atomic E-state index is 12.1. The van der Waals surface area contributed by atoms with Crippen LogP contribution in [0.1, 0.15) is 19.8 Å². The molecular weight excluding hydrogens is 222 g/mol. The summed E-state index contributed by atoms with van der Waals surface area (Å²) in [5.41, 5.74) is 5.52. The maximum atomic E-state index is 12.1. The van der Waals surface area contributed by atoms with E-state index in [-0.39, 0.29) is 11.8 Å². The van der Waals surface area contributed by atoms with Crippen molar-refractivity contribution in [1.82, 2.24) is 9.80 Å². The second-order valence-corrected chi connectivity index (χ2v) is 5.19. The van der Waals surface area contributed by atoms with Crippen molar-refractivity contribution in [1.29, 1.82) is 0 Å². The molecule has 2 N–H and O–H groups in total. The maximum Gasteiger partial charge on any atom is 0.232 e. The van der Waals surface area contributed by atoms with Crippen molar-refractivity contribution in [3.63, 3.8) is 0 Å². The molecule has 0 aliphatic carbocycles. The molecule has 1 aliphatic rings. The second-order valence-electron chi connectivity index (χ2n) is 4.71. The molecule has 1 saturated heterocycles. The van der Waals surface area contributed by atoms with Crippen LogP contribution in [0.3, 0.4) is 0 Å². The van der Waals surface area contributed by atoms with Crippen LogP contribution in [-0.2, 0) is 4.79 Å². The van der Waals surface area contributed by atoms with Gasteiger partial charge in [0.25, 0.3) is 0 Å². The van der Waals surface area contributed by atoms with E-state index in [0.717, 1.165) is 25.9 Å². The van der Waals surface area contributed by atoms with E-state index in [0.29, 0.717) is 11.0 Å². The first-order chi connectivity index (χ1) is 7.43. The smallest absolute Gasteiger partial charge is 0.232 e. The van der Waals surface area contributed by atoms with Gasteiger partial charge in [0, 0.05) is 19.1 Å². The zero-order valence-corrected chi connectivity index (χ0v) is 11.1. The first-order valence-corrected chi connectivity index (χ1v) is 6.09. The monoisotopic (exact) mass is 243 g/mol. The van der Waals surface area contributed by atoms with Gasteiger partial charge in [0.05, 0.1) is 10.9 Å². The van der Waals surface area contributed by atoms with E-state index in [1.165, 1.54) is 0 Å². The highest BCUT2D eigenvalue weighted by atomic mass is 32.1. The quantitative estimate of drug-likeness (QED) is 0.729. The summed E-state index contributed by atoms with van der Waals surface area (Å²) < 4.78 is 0. The van der Waals surface area contributed by atoms with Gasteiger partial charge in [-0.2, -0.15) is 0 Å². The summed E-state index contributed by atoms with van der Waals surface area (Å²) in [6, 6.07) is 0.319. The minimum Gasteiger partial charge on any atom is -0.393 e. The zero-order chi connectivity index (χ0) is 12.3. The third-order valence-electron chi connectivity index (χ3n) is 3.03. The lowest BCUT2D eigenvalue weighted by atomic mass is 10.1. The SMILES string of the molecule is CC(C(=O)N1CCCC1CN(C)C)C(N)=S. The standard InChI is InChI=1S/C11H21N3OS/c1-8(10(12)16)11(15)14-6-4-5-9(14)7-13(2)3/h8-9H,4-7H2,1-3H3,(H2,12,16). The van der Waals surface area contributed by atoms with Gasteiger partial charge in [-0.05, 0) is 33.9 Å². The van der Waals surface area contributed by atoms with E-state index in [1.807, 2.05) is 19.0 Å². The summed E-state index contributed by atoms with van der Waals surface area (Å²) in [7, 11) is 4.05. The molecule has 92 valence electrons. The van der Waals surface area contributed by atoms with Crippen LogP contribution < -0.4 is 5.73 Å². The molecule has 1 amide bonds. The first kappa shape index (κ1) is 13.4. The molecular formula is C11H21N3OS. The Morgan fingerprint density at radius 1 is 1.62 bits per heavy atom. The molecule has 1 fully saturated rings. The van der Waals surface area contributed by atoms with Crippen molar-refractivity contribution in [3.05, 3.63) is 0 Å². The minimum absolute atomic E-state index is 0.0804. The van der Waals surface area contributed by atoms with E-state index in [2.05, 4.69) is 4.90 Å². The lowest BCUT2D eigenvalue weighted by Gasteiger charge is -2.29. The highest BCUT2D eigenvalue weighted by molar-refractivity contribution is 7.80. The number of hydrogen-bond acceptors (Lipinski definition) is 3. The summed E-state index contributed by atoms with van der Waals surface area (Å²) in [4.78, 5) is 16.5. The lowest BCUT2D eigenvalue weighted by molar-refractivity contribution is -0.133.